The summed E-state index contributed by atoms with van der Waals surface area (Å²) in [5, 5.41) is 13.2. The molecule has 1 atom stereocenters. The number of hydrogen-bond acceptors (Lipinski definition) is 7. The average Bonchev–Trinajstić information content (AvgIpc) is 2.66. The zero-order valence-corrected chi connectivity index (χ0v) is 16.1. The molecule has 2 aromatic heterocycles. The summed E-state index contributed by atoms with van der Waals surface area (Å²) in [6.45, 7) is 4.04. The molecule has 27 heavy (non-hydrogen) atoms. The highest BCUT2D eigenvalue weighted by atomic mass is 32.2. The number of carbonyl (C=O) groups excluding carboxylic acids is 1. The number of nitrogens with one attached hydrogen (secondary N) is 3. The molecule has 0 aliphatic carbocycles. The first-order chi connectivity index (χ1) is 13.1. The topological polar surface area (TPSA) is 117 Å². The second kappa shape index (κ2) is 10.4. The maximum atomic E-state index is 12.3. The molecule has 0 aliphatic rings. The first-order valence-corrected chi connectivity index (χ1v) is 9.94. The fourth-order valence-electron chi connectivity index (χ4n) is 2.19. The number of nitrogens with zero attached hydrogens (tertiary/aromatic N) is 2. The van der Waals surface area contributed by atoms with E-state index in [-0.39, 0.29) is 6.61 Å². The van der Waals surface area contributed by atoms with Crippen LogP contribution >= 0.6 is 0 Å². The molecule has 2 heterocycles. The Bertz CT molecular complexity index is 828. The van der Waals surface area contributed by atoms with Crippen molar-refractivity contribution in [1.82, 2.24) is 9.97 Å². The summed E-state index contributed by atoms with van der Waals surface area (Å²) in [7, 11) is -1.13. The van der Waals surface area contributed by atoms with Gasteiger partial charge < -0.3 is 15.5 Å². The summed E-state index contributed by atoms with van der Waals surface area (Å²) in [5.74, 6) is 1.02. The van der Waals surface area contributed by atoms with E-state index in [2.05, 4.69) is 20.6 Å². The van der Waals surface area contributed by atoms with Crippen LogP contribution in [0.1, 0.15) is 32.3 Å². The van der Waals surface area contributed by atoms with Gasteiger partial charge in [0.15, 0.2) is 0 Å². The summed E-state index contributed by atoms with van der Waals surface area (Å²) in [5.41, 5.74) is 1.56. The number of rotatable bonds is 9. The molecule has 0 bridgehead atoms. The molecule has 2 aromatic rings. The molecule has 3 N–H and O–H groups in total. The van der Waals surface area contributed by atoms with Crippen LogP contribution in [0.15, 0.2) is 35.6 Å². The zero-order valence-electron chi connectivity index (χ0n) is 15.3. The first-order valence-electron chi connectivity index (χ1n) is 8.62. The maximum Gasteiger partial charge on any atom is 0.411 e. The number of amides is 1. The molecule has 0 saturated carbocycles. The largest absolute Gasteiger partial charge is 0.450 e. The van der Waals surface area contributed by atoms with E-state index in [1.54, 1.807) is 31.5 Å². The monoisotopic (exact) mass is 389 g/mol. The van der Waals surface area contributed by atoms with E-state index in [9.17, 15) is 9.00 Å². The van der Waals surface area contributed by atoms with Crippen molar-refractivity contribution in [3.8, 4) is 0 Å². The molecule has 8 nitrogen and oxygen atoms in total. The second-order valence-electron chi connectivity index (χ2n) is 5.59. The summed E-state index contributed by atoms with van der Waals surface area (Å²) in [6.07, 6.45) is 7.05. The lowest BCUT2D eigenvalue weighted by Crippen LogP contribution is -2.13. The summed E-state index contributed by atoms with van der Waals surface area (Å²) in [6, 6.07) is 3.37. The van der Waals surface area contributed by atoms with Crippen molar-refractivity contribution in [3.05, 3.63) is 36.3 Å². The van der Waals surface area contributed by atoms with Gasteiger partial charge in [0, 0.05) is 23.7 Å². The van der Waals surface area contributed by atoms with Gasteiger partial charge in [0.1, 0.15) is 5.82 Å². The third kappa shape index (κ3) is 6.14. The maximum absolute atomic E-state index is 12.3. The highest BCUT2D eigenvalue weighted by molar-refractivity contribution is 7.85. The quantitative estimate of drug-likeness (QED) is 0.563. The number of hydrogen-bond donors (Lipinski definition) is 3. The van der Waals surface area contributed by atoms with Crippen molar-refractivity contribution in [1.29, 1.82) is 5.41 Å². The van der Waals surface area contributed by atoms with Gasteiger partial charge in [-0.05, 0) is 25.5 Å². The van der Waals surface area contributed by atoms with E-state index >= 15 is 0 Å². The standard InChI is InChI=1S/C18H23N5O3S/c1-3-5-6-27(25)16-7-13(9-19)17(21-12-16)22-14-8-15(11-20-10-14)23-18(24)26-4-2/h7-12,19H,3-6H2,1-2H3,(H,21,22)(H,23,24). The molecule has 1 amide bonds. The van der Waals surface area contributed by atoms with Gasteiger partial charge in [-0.3, -0.25) is 14.5 Å². The number of unbranched alkanes of at least 4 members (excludes halogenated alkanes) is 1. The Kier molecular flexibility index (Phi) is 7.87. The lowest BCUT2D eigenvalue weighted by molar-refractivity contribution is 0.168. The van der Waals surface area contributed by atoms with Crippen molar-refractivity contribution in [2.24, 2.45) is 0 Å². The molecule has 144 valence electrons. The molecule has 2 rings (SSSR count). The normalized spacial score (nSPS) is 11.5. The number of pyridine rings is 2. The zero-order chi connectivity index (χ0) is 19.6. The van der Waals surface area contributed by atoms with E-state index in [4.69, 9.17) is 10.1 Å². The predicted octanol–water partition coefficient (Wildman–Crippen LogP) is 3.69. The Morgan fingerprint density at radius 1 is 1.26 bits per heavy atom. The van der Waals surface area contributed by atoms with Crippen LogP contribution in [-0.4, -0.2) is 38.8 Å². The molecule has 9 heteroatoms. The molecular weight excluding hydrogens is 366 g/mol. The first kappa shape index (κ1) is 20.5. The minimum Gasteiger partial charge on any atom is -0.450 e. The highest BCUT2D eigenvalue weighted by Crippen LogP contribution is 2.21. The molecule has 0 aromatic carbocycles. The highest BCUT2D eigenvalue weighted by Gasteiger charge is 2.10. The third-order valence-corrected chi connectivity index (χ3v) is 4.93. The van der Waals surface area contributed by atoms with Crippen LogP contribution in [0.2, 0.25) is 0 Å². The lowest BCUT2D eigenvalue weighted by atomic mass is 10.2. The number of ether oxygens (including phenoxy) is 1. The SMILES string of the molecule is CCCCS(=O)c1cnc(Nc2cncc(NC(=O)OCC)c2)c(C=N)c1. The Balaban J connectivity index is 2.16. The van der Waals surface area contributed by atoms with Gasteiger partial charge in [-0.2, -0.15) is 0 Å². The van der Waals surface area contributed by atoms with E-state index in [0.29, 0.717) is 33.4 Å². The molecular formula is C18H23N5O3S. The van der Waals surface area contributed by atoms with Gasteiger partial charge in [-0.1, -0.05) is 13.3 Å². The van der Waals surface area contributed by atoms with Crippen LogP contribution in [0, 0.1) is 5.41 Å². The Hall–Kier alpha value is -2.81. The van der Waals surface area contributed by atoms with Crippen LogP contribution in [0.3, 0.4) is 0 Å². The van der Waals surface area contributed by atoms with Crippen molar-refractivity contribution in [2.45, 2.75) is 31.6 Å². The number of anilines is 3. The van der Waals surface area contributed by atoms with E-state index in [1.165, 1.54) is 6.20 Å². The summed E-state index contributed by atoms with van der Waals surface area (Å²) >= 11 is 0. The van der Waals surface area contributed by atoms with Crippen LogP contribution < -0.4 is 10.6 Å². The van der Waals surface area contributed by atoms with E-state index in [1.807, 2.05) is 6.92 Å². The summed E-state index contributed by atoms with van der Waals surface area (Å²) < 4.78 is 17.1. The molecule has 0 fully saturated rings. The fourth-order valence-corrected chi connectivity index (χ4v) is 3.41. The van der Waals surface area contributed by atoms with Crippen molar-refractivity contribution < 1.29 is 13.7 Å². The lowest BCUT2D eigenvalue weighted by Gasteiger charge is -2.11. The Labute approximate surface area is 160 Å². The summed E-state index contributed by atoms with van der Waals surface area (Å²) in [4.78, 5) is 20.5. The van der Waals surface area contributed by atoms with Crippen molar-refractivity contribution in [3.63, 3.8) is 0 Å². The number of carbonyl (C=O) groups is 1. The van der Waals surface area contributed by atoms with E-state index < -0.39 is 16.9 Å². The minimum atomic E-state index is -1.13. The van der Waals surface area contributed by atoms with Crippen molar-refractivity contribution >= 4 is 40.3 Å². The van der Waals surface area contributed by atoms with Gasteiger partial charge in [0.05, 0.1) is 46.1 Å². The van der Waals surface area contributed by atoms with Crippen LogP contribution in [0.5, 0.6) is 0 Å². The molecule has 1 unspecified atom stereocenters. The molecule has 0 radical (unpaired) electrons. The average molecular weight is 389 g/mol. The molecule has 0 saturated heterocycles. The Morgan fingerprint density at radius 2 is 2.04 bits per heavy atom. The van der Waals surface area contributed by atoms with Crippen LogP contribution in [0.4, 0.5) is 22.0 Å². The second-order valence-corrected chi connectivity index (χ2v) is 7.16. The van der Waals surface area contributed by atoms with Gasteiger partial charge in [-0.15, -0.1) is 0 Å². The predicted molar refractivity (Wildman–Crippen MR) is 106 cm³/mol. The van der Waals surface area contributed by atoms with E-state index in [0.717, 1.165) is 19.1 Å². The minimum absolute atomic E-state index is 0.274. The Morgan fingerprint density at radius 3 is 2.74 bits per heavy atom. The van der Waals surface area contributed by atoms with Gasteiger partial charge in [0.2, 0.25) is 0 Å². The fraction of sp³-hybridized carbons (Fsp3) is 0.333. The number of aromatic nitrogens is 2. The molecule has 0 aliphatic heterocycles. The third-order valence-electron chi connectivity index (χ3n) is 3.52. The van der Waals surface area contributed by atoms with Crippen molar-refractivity contribution in [2.75, 3.05) is 23.0 Å². The van der Waals surface area contributed by atoms with Gasteiger partial charge >= 0.3 is 6.09 Å². The van der Waals surface area contributed by atoms with Crippen LogP contribution in [0.25, 0.3) is 0 Å². The van der Waals surface area contributed by atoms with Crippen LogP contribution in [-0.2, 0) is 15.5 Å². The molecule has 0 spiro atoms. The van der Waals surface area contributed by atoms with Gasteiger partial charge in [-0.25, -0.2) is 9.78 Å². The smallest absolute Gasteiger partial charge is 0.411 e. The van der Waals surface area contributed by atoms with Gasteiger partial charge in [0.25, 0.3) is 0 Å².